The highest BCUT2D eigenvalue weighted by atomic mass is 35.5. The van der Waals surface area contributed by atoms with E-state index in [1.807, 2.05) is 25.1 Å². The van der Waals surface area contributed by atoms with Crippen LogP contribution in [0.2, 0.25) is 5.02 Å². The number of hydrogen-bond acceptors (Lipinski definition) is 4. The van der Waals surface area contributed by atoms with Crippen molar-refractivity contribution in [1.29, 1.82) is 0 Å². The van der Waals surface area contributed by atoms with E-state index in [1.165, 1.54) is 12.2 Å². The van der Waals surface area contributed by atoms with Gasteiger partial charge in [-0.25, -0.2) is 0 Å². The standard InChI is InChI=1S/C22H18ClN3O3S/c1-13-6-7-14(12-17(13)23)19-10-8-15(29-19)9-11-20(27)26-22(30)25-18-5-3-2-4-16(18)21(24)28/h2-12H,1H3,(H2,24,28)(H2,25,26,27,30)/b11-9+. The van der Waals surface area contributed by atoms with E-state index in [2.05, 4.69) is 10.6 Å². The van der Waals surface area contributed by atoms with Crippen molar-refractivity contribution in [2.75, 3.05) is 5.32 Å². The second kappa shape index (κ2) is 9.39. The van der Waals surface area contributed by atoms with Gasteiger partial charge in [-0.15, -0.1) is 0 Å². The zero-order chi connectivity index (χ0) is 21.7. The van der Waals surface area contributed by atoms with Crippen molar-refractivity contribution >= 4 is 52.5 Å². The molecule has 0 atom stereocenters. The fourth-order valence-electron chi connectivity index (χ4n) is 2.62. The lowest BCUT2D eigenvalue weighted by atomic mass is 10.1. The van der Waals surface area contributed by atoms with Gasteiger partial charge in [0.15, 0.2) is 5.11 Å². The molecule has 0 fully saturated rings. The molecular formula is C22H18ClN3O3S. The number of aryl methyl sites for hydroxylation is 1. The lowest BCUT2D eigenvalue weighted by Crippen LogP contribution is -2.33. The van der Waals surface area contributed by atoms with Gasteiger partial charge < -0.3 is 15.5 Å². The molecule has 2 aromatic carbocycles. The SMILES string of the molecule is Cc1ccc(-c2ccc(/C=C/C(=O)NC(=S)Nc3ccccc3C(N)=O)o2)cc1Cl. The summed E-state index contributed by atoms with van der Waals surface area (Å²) in [5, 5.41) is 5.97. The molecule has 0 radical (unpaired) electrons. The van der Waals surface area contributed by atoms with Crippen LogP contribution in [0.15, 0.2) is 65.1 Å². The normalized spacial score (nSPS) is 10.7. The van der Waals surface area contributed by atoms with Crippen LogP contribution in [0.25, 0.3) is 17.4 Å². The van der Waals surface area contributed by atoms with Gasteiger partial charge in [0.05, 0.1) is 11.3 Å². The molecule has 0 saturated carbocycles. The van der Waals surface area contributed by atoms with Crippen molar-refractivity contribution in [3.8, 4) is 11.3 Å². The average molecular weight is 440 g/mol. The molecule has 4 N–H and O–H groups in total. The summed E-state index contributed by atoms with van der Waals surface area (Å²) in [6.07, 6.45) is 2.81. The second-order valence-electron chi connectivity index (χ2n) is 6.35. The third-order valence-corrected chi connectivity index (χ3v) is 4.77. The highest BCUT2D eigenvalue weighted by Gasteiger charge is 2.10. The van der Waals surface area contributed by atoms with E-state index >= 15 is 0 Å². The summed E-state index contributed by atoms with van der Waals surface area (Å²) in [6.45, 7) is 1.92. The number of halogens is 1. The predicted molar refractivity (Wildman–Crippen MR) is 122 cm³/mol. The molecule has 0 bridgehead atoms. The minimum Gasteiger partial charge on any atom is -0.457 e. The number of furan rings is 1. The van der Waals surface area contributed by atoms with Crippen LogP contribution in [0.1, 0.15) is 21.7 Å². The van der Waals surface area contributed by atoms with Crippen molar-refractivity contribution in [1.82, 2.24) is 5.32 Å². The number of primary amides is 1. The number of amides is 2. The maximum atomic E-state index is 12.1. The molecule has 0 unspecified atom stereocenters. The monoisotopic (exact) mass is 439 g/mol. The Labute approximate surface area is 183 Å². The van der Waals surface area contributed by atoms with E-state index in [-0.39, 0.29) is 10.7 Å². The molecule has 2 amide bonds. The molecule has 6 nitrogen and oxygen atoms in total. The highest BCUT2D eigenvalue weighted by molar-refractivity contribution is 7.80. The topological polar surface area (TPSA) is 97.4 Å². The first-order chi connectivity index (χ1) is 14.3. The van der Waals surface area contributed by atoms with Crippen molar-refractivity contribution < 1.29 is 14.0 Å². The molecule has 3 rings (SSSR count). The zero-order valence-corrected chi connectivity index (χ0v) is 17.5. The smallest absolute Gasteiger partial charge is 0.250 e. The first-order valence-corrected chi connectivity index (χ1v) is 9.67. The van der Waals surface area contributed by atoms with Crippen molar-refractivity contribution in [2.45, 2.75) is 6.92 Å². The first kappa shape index (κ1) is 21.3. The summed E-state index contributed by atoms with van der Waals surface area (Å²) in [7, 11) is 0. The van der Waals surface area contributed by atoms with Gasteiger partial charge in [-0.1, -0.05) is 35.9 Å². The number of thiocarbonyl (C=S) groups is 1. The van der Waals surface area contributed by atoms with Crippen LogP contribution in [-0.4, -0.2) is 16.9 Å². The summed E-state index contributed by atoms with van der Waals surface area (Å²) < 4.78 is 5.73. The number of carbonyl (C=O) groups excluding carboxylic acids is 2. The van der Waals surface area contributed by atoms with Crippen LogP contribution in [-0.2, 0) is 4.79 Å². The minimum absolute atomic E-state index is 0.0350. The number of benzene rings is 2. The van der Waals surface area contributed by atoms with Gasteiger partial charge in [-0.05, 0) is 61.1 Å². The van der Waals surface area contributed by atoms with E-state index in [9.17, 15) is 9.59 Å². The van der Waals surface area contributed by atoms with Gasteiger partial charge in [0.1, 0.15) is 11.5 Å². The number of carbonyl (C=O) groups is 2. The Morgan fingerprint density at radius 1 is 1.13 bits per heavy atom. The summed E-state index contributed by atoms with van der Waals surface area (Å²) >= 11 is 11.3. The Morgan fingerprint density at radius 2 is 1.90 bits per heavy atom. The lowest BCUT2D eigenvalue weighted by Gasteiger charge is -2.10. The van der Waals surface area contributed by atoms with E-state index in [0.717, 1.165) is 11.1 Å². The fraction of sp³-hybridized carbons (Fsp3) is 0.0455. The molecule has 0 saturated heterocycles. The summed E-state index contributed by atoms with van der Waals surface area (Å²) in [5.74, 6) is 0.0722. The number of hydrogen-bond donors (Lipinski definition) is 3. The molecule has 0 spiro atoms. The maximum absolute atomic E-state index is 12.1. The number of anilines is 1. The predicted octanol–water partition coefficient (Wildman–Crippen LogP) is 4.53. The average Bonchev–Trinajstić information content (AvgIpc) is 3.18. The van der Waals surface area contributed by atoms with Crippen LogP contribution >= 0.6 is 23.8 Å². The summed E-state index contributed by atoms with van der Waals surface area (Å²) in [4.78, 5) is 23.6. The van der Waals surface area contributed by atoms with Gasteiger partial charge >= 0.3 is 0 Å². The summed E-state index contributed by atoms with van der Waals surface area (Å²) in [6, 6.07) is 15.8. The molecule has 3 aromatic rings. The van der Waals surface area contributed by atoms with Crippen LogP contribution in [0.4, 0.5) is 5.69 Å². The van der Waals surface area contributed by atoms with Crippen molar-refractivity contribution in [2.24, 2.45) is 5.73 Å². The van der Waals surface area contributed by atoms with Gasteiger partial charge in [-0.2, -0.15) is 0 Å². The second-order valence-corrected chi connectivity index (χ2v) is 7.17. The third kappa shape index (κ3) is 5.34. The van der Waals surface area contributed by atoms with Crippen molar-refractivity contribution in [3.05, 3.63) is 82.6 Å². The maximum Gasteiger partial charge on any atom is 0.250 e. The number of para-hydroxylation sites is 1. The molecule has 0 aliphatic carbocycles. The first-order valence-electron chi connectivity index (χ1n) is 8.89. The molecule has 0 aliphatic heterocycles. The van der Waals surface area contributed by atoms with Crippen LogP contribution in [0.5, 0.6) is 0 Å². The van der Waals surface area contributed by atoms with E-state index in [0.29, 0.717) is 22.2 Å². The number of rotatable bonds is 5. The van der Waals surface area contributed by atoms with Crippen LogP contribution in [0.3, 0.4) is 0 Å². The molecule has 152 valence electrons. The van der Waals surface area contributed by atoms with Crippen LogP contribution < -0.4 is 16.4 Å². The van der Waals surface area contributed by atoms with Gasteiger partial charge in [0.25, 0.3) is 5.91 Å². The molecule has 1 aromatic heterocycles. The Bertz CT molecular complexity index is 1150. The van der Waals surface area contributed by atoms with Gasteiger partial charge in [0, 0.05) is 16.7 Å². The molecular weight excluding hydrogens is 422 g/mol. The largest absolute Gasteiger partial charge is 0.457 e. The lowest BCUT2D eigenvalue weighted by molar-refractivity contribution is -0.115. The quantitative estimate of drug-likeness (QED) is 0.400. The van der Waals surface area contributed by atoms with Crippen molar-refractivity contribution in [3.63, 3.8) is 0 Å². The minimum atomic E-state index is -0.601. The molecule has 8 heteroatoms. The van der Waals surface area contributed by atoms with E-state index in [1.54, 1.807) is 36.4 Å². The molecule has 30 heavy (non-hydrogen) atoms. The molecule has 1 heterocycles. The Hall–Kier alpha value is -3.42. The van der Waals surface area contributed by atoms with Gasteiger partial charge in [-0.3, -0.25) is 14.9 Å². The zero-order valence-electron chi connectivity index (χ0n) is 15.9. The van der Waals surface area contributed by atoms with Crippen LogP contribution in [0, 0.1) is 6.92 Å². The Balaban J connectivity index is 1.61. The highest BCUT2D eigenvalue weighted by Crippen LogP contribution is 2.27. The summed E-state index contributed by atoms with van der Waals surface area (Å²) in [5.41, 5.74) is 7.82. The third-order valence-electron chi connectivity index (χ3n) is 4.16. The van der Waals surface area contributed by atoms with Gasteiger partial charge in [0.2, 0.25) is 5.91 Å². The fourth-order valence-corrected chi connectivity index (χ4v) is 3.01. The van der Waals surface area contributed by atoms with E-state index < -0.39 is 11.8 Å². The number of nitrogens with two attached hydrogens (primary N) is 1. The Morgan fingerprint density at radius 3 is 2.63 bits per heavy atom. The van der Waals surface area contributed by atoms with E-state index in [4.69, 9.17) is 34.0 Å². The number of nitrogens with one attached hydrogen (secondary N) is 2. The molecule has 0 aliphatic rings. The Kier molecular flexibility index (Phi) is 6.66.